The number of fused-ring (bicyclic) bond motifs is 1. The van der Waals surface area contributed by atoms with Crippen LogP contribution < -0.4 is 5.56 Å². The molecule has 0 saturated carbocycles. The first kappa shape index (κ1) is 21.4. The summed E-state index contributed by atoms with van der Waals surface area (Å²) >= 11 is 2.65. The Bertz CT molecular complexity index is 1190. The van der Waals surface area contributed by atoms with Gasteiger partial charge in [-0.05, 0) is 29.8 Å². The van der Waals surface area contributed by atoms with Crippen molar-refractivity contribution in [3.8, 4) is 5.69 Å². The number of hydrogen-bond donors (Lipinski definition) is 0. The number of thioether (sulfide) groups is 2. The number of nitrogens with zero attached hydrogens (tertiary/aromatic N) is 3. The minimum atomic E-state index is -4.40. The third-order valence-corrected chi connectivity index (χ3v) is 6.75. The summed E-state index contributed by atoms with van der Waals surface area (Å²) in [5, 5.41) is 11.3. The molecule has 11 heteroatoms. The predicted molar refractivity (Wildman–Crippen MR) is 112 cm³/mol. The Morgan fingerprint density at radius 1 is 1.13 bits per heavy atom. The summed E-state index contributed by atoms with van der Waals surface area (Å²) in [6.45, 7) is 0. The van der Waals surface area contributed by atoms with E-state index in [1.165, 1.54) is 64.5 Å². The van der Waals surface area contributed by atoms with Crippen LogP contribution in [-0.4, -0.2) is 20.2 Å². The van der Waals surface area contributed by atoms with Crippen LogP contribution in [0, 0.1) is 10.1 Å². The van der Waals surface area contributed by atoms with Crippen LogP contribution in [0.4, 0.5) is 18.9 Å². The van der Waals surface area contributed by atoms with Crippen molar-refractivity contribution in [2.75, 3.05) is 5.75 Å². The summed E-state index contributed by atoms with van der Waals surface area (Å²) in [5.74, 6) is 1.05. The lowest BCUT2D eigenvalue weighted by molar-refractivity contribution is -0.384. The molecular formula is C20H14F3N3O3S2. The van der Waals surface area contributed by atoms with Crippen molar-refractivity contribution >= 4 is 29.2 Å². The molecule has 3 aromatic rings. The molecule has 160 valence electrons. The van der Waals surface area contributed by atoms with Gasteiger partial charge in [0.2, 0.25) is 0 Å². The molecular weight excluding hydrogens is 451 g/mol. The topological polar surface area (TPSA) is 78.0 Å². The molecule has 6 nitrogen and oxygen atoms in total. The lowest BCUT2D eigenvalue weighted by Gasteiger charge is -2.14. The van der Waals surface area contributed by atoms with Gasteiger partial charge < -0.3 is 0 Å². The number of nitro benzene ring substituents is 1. The molecule has 0 spiro atoms. The Labute approximate surface area is 182 Å². The van der Waals surface area contributed by atoms with Gasteiger partial charge in [-0.3, -0.25) is 19.5 Å². The van der Waals surface area contributed by atoms with Gasteiger partial charge in [0, 0.05) is 30.1 Å². The zero-order valence-corrected chi connectivity index (χ0v) is 17.4. The SMILES string of the molecule is O=c1c2c(nc(SCc3ccc(C(F)(F)F)cc3)n1-c1ccc([N+](=O)[O-])cc1)CCS2. The molecule has 31 heavy (non-hydrogen) atoms. The summed E-state index contributed by atoms with van der Waals surface area (Å²) in [6, 6.07) is 10.4. The van der Waals surface area contributed by atoms with Gasteiger partial charge in [0.1, 0.15) is 0 Å². The molecule has 1 aliphatic heterocycles. The molecule has 0 radical (unpaired) electrons. The van der Waals surface area contributed by atoms with Gasteiger partial charge in [0.25, 0.3) is 11.2 Å². The number of rotatable bonds is 5. The second-order valence-corrected chi connectivity index (χ2v) is 8.71. The second-order valence-electron chi connectivity index (χ2n) is 6.67. The number of halogens is 3. The van der Waals surface area contributed by atoms with Crippen LogP contribution in [0.25, 0.3) is 5.69 Å². The lowest BCUT2D eigenvalue weighted by atomic mass is 10.1. The highest BCUT2D eigenvalue weighted by molar-refractivity contribution is 7.99. The maximum Gasteiger partial charge on any atom is 0.416 e. The van der Waals surface area contributed by atoms with E-state index in [9.17, 15) is 28.1 Å². The maximum absolute atomic E-state index is 13.1. The highest BCUT2D eigenvalue weighted by Crippen LogP contribution is 2.32. The summed E-state index contributed by atoms with van der Waals surface area (Å²) in [4.78, 5) is 28.7. The van der Waals surface area contributed by atoms with Crippen molar-refractivity contribution in [2.24, 2.45) is 0 Å². The maximum atomic E-state index is 13.1. The number of aromatic nitrogens is 2. The quantitative estimate of drug-likeness (QED) is 0.226. The first-order valence-corrected chi connectivity index (χ1v) is 11.0. The second kappa shape index (κ2) is 8.39. The fourth-order valence-electron chi connectivity index (χ4n) is 3.08. The Balaban J connectivity index is 1.68. The van der Waals surface area contributed by atoms with Crippen LogP contribution in [0.2, 0.25) is 0 Å². The largest absolute Gasteiger partial charge is 0.416 e. The lowest BCUT2D eigenvalue weighted by Crippen LogP contribution is -2.23. The predicted octanol–water partition coefficient (Wildman–Crippen LogP) is 5.10. The van der Waals surface area contributed by atoms with E-state index in [0.717, 1.165) is 17.9 Å². The molecule has 4 rings (SSSR count). The molecule has 1 aliphatic rings. The van der Waals surface area contributed by atoms with Crippen LogP contribution >= 0.6 is 23.5 Å². The highest BCUT2D eigenvalue weighted by atomic mass is 32.2. The van der Waals surface area contributed by atoms with Gasteiger partial charge in [-0.2, -0.15) is 13.2 Å². The first-order valence-electron chi connectivity index (χ1n) is 9.06. The smallest absolute Gasteiger partial charge is 0.268 e. The standard InChI is InChI=1S/C20H14F3N3O3S2/c21-20(22,23)13-3-1-12(2-4-13)11-31-19-24-16-9-10-30-17(16)18(27)25(19)14-5-7-15(8-6-14)26(28)29/h1-8H,9-11H2. The van der Waals surface area contributed by atoms with Crippen molar-refractivity contribution in [1.82, 2.24) is 9.55 Å². The molecule has 0 atom stereocenters. The molecule has 2 aromatic carbocycles. The number of non-ortho nitro benzene ring substituents is 1. The summed E-state index contributed by atoms with van der Waals surface area (Å²) < 4.78 is 39.7. The van der Waals surface area contributed by atoms with Gasteiger partial charge in [0.15, 0.2) is 5.16 Å². The zero-order valence-electron chi connectivity index (χ0n) is 15.8. The Hall–Kier alpha value is -2.79. The van der Waals surface area contributed by atoms with E-state index in [1.807, 2.05) is 0 Å². The van der Waals surface area contributed by atoms with Crippen LogP contribution in [-0.2, 0) is 18.3 Å². The third-order valence-electron chi connectivity index (χ3n) is 4.63. The van der Waals surface area contributed by atoms with E-state index in [4.69, 9.17) is 0 Å². The summed E-state index contributed by atoms with van der Waals surface area (Å²) in [6.07, 6.45) is -3.74. The van der Waals surface area contributed by atoms with E-state index >= 15 is 0 Å². The zero-order chi connectivity index (χ0) is 22.2. The van der Waals surface area contributed by atoms with Crippen molar-refractivity contribution in [1.29, 1.82) is 0 Å². The average Bonchev–Trinajstić information content (AvgIpc) is 3.21. The van der Waals surface area contributed by atoms with Gasteiger partial charge >= 0.3 is 6.18 Å². The molecule has 0 saturated heterocycles. The molecule has 1 aromatic heterocycles. The van der Waals surface area contributed by atoms with Gasteiger partial charge in [-0.15, -0.1) is 11.8 Å². The Kier molecular flexibility index (Phi) is 5.80. The van der Waals surface area contributed by atoms with Crippen LogP contribution in [0.1, 0.15) is 16.8 Å². The van der Waals surface area contributed by atoms with Crippen LogP contribution in [0.15, 0.2) is 63.4 Å². The van der Waals surface area contributed by atoms with Crippen molar-refractivity contribution in [3.63, 3.8) is 0 Å². The van der Waals surface area contributed by atoms with E-state index in [2.05, 4.69) is 4.98 Å². The molecule has 0 fully saturated rings. The molecule has 0 N–H and O–H groups in total. The summed E-state index contributed by atoms with van der Waals surface area (Å²) in [7, 11) is 0. The fraction of sp³-hybridized carbons (Fsp3) is 0.200. The van der Waals surface area contributed by atoms with Gasteiger partial charge in [-0.25, -0.2) is 4.98 Å². The van der Waals surface area contributed by atoms with E-state index in [0.29, 0.717) is 39.2 Å². The van der Waals surface area contributed by atoms with Crippen molar-refractivity contribution < 1.29 is 18.1 Å². The van der Waals surface area contributed by atoms with Crippen LogP contribution in [0.5, 0.6) is 0 Å². The van der Waals surface area contributed by atoms with Crippen molar-refractivity contribution in [3.05, 3.63) is 85.8 Å². The fourth-order valence-corrected chi connectivity index (χ4v) is 5.09. The number of nitro groups is 1. The van der Waals surface area contributed by atoms with Gasteiger partial charge in [-0.1, -0.05) is 23.9 Å². The van der Waals surface area contributed by atoms with Crippen molar-refractivity contribution in [2.45, 2.75) is 28.4 Å². The first-order chi connectivity index (χ1) is 14.7. The van der Waals surface area contributed by atoms with E-state index < -0.39 is 16.7 Å². The number of alkyl halides is 3. The van der Waals surface area contributed by atoms with E-state index in [1.54, 1.807) is 0 Å². The summed E-state index contributed by atoms with van der Waals surface area (Å²) in [5.41, 5.74) is 0.709. The monoisotopic (exact) mass is 465 g/mol. The van der Waals surface area contributed by atoms with E-state index in [-0.39, 0.29) is 11.2 Å². The average molecular weight is 465 g/mol. The Morgan fingerprint density at radius 3 is 2.42 bits per heavy atom. The van der Waals surface area contributed by atoms with Gasteiger partial charge in [0.05, 0.1) is 26.8 Å². The molecule has 0 unspecified atom stereocenters. The minimum Gasteiger partial charge on any atom is -0.268 e. The van der Waals surface area contributed by atoms with Crippen LogP contribution in [0.3, 0.4) is 0 Å². The minimum absolute atomic E-state index is 0.0979. The molecule has 2 heterocycles. The number of benzene rings is 2. The highest BCUT2D eigenvalue weighted by Gasteiger charge is 2.30. The molecule has 0 bridgehead atoms. The number of aryl methyl sites for hydroxylation is 1. The normalized spacial score (nSPS) is 13.3. The third kappa shape index (κ3) is 4.47. The molecule has 0 aliphatic carbocycles. The number of hydrogen-bond acceptors (Lipinski definition) is 6. The Morgan fingerprint density at radius 2 is 1.81 bits per heavy atom. The molecule has 0 amide bonds.